The van der Waals surface area contributed by atoms with Crippen LogP contribution in [0.1, 0.15) is 31.4 Å². The van der Waals surface area contributed by atoms with Crippen LogP contribution in [-0.4, -0.2) is 11.3 Å². The van der Waals surface area contributed by atoms with Gasteiger partial charge in [-0.25, -0.2) is 4.98 Å². The van der Waals surface area contributed by atoms with Crippen LogP contribution in [-0.2, 0) is 6.61 Å². The van der Waals surface area contributed by atoms with Gasteiger partial charge in [0.05, 0.1) is 4.88 Å². The molecule has 0 atom stereocenters. The summed E-state index contributed by atoms with van der Waals surface area (Å²) in [4.78, 5) is 15.3. The van der Waals surface area contributed by atoms with Gasteiger partial charge < -0.3 is 4.74 Å². The highest BCUT2D eigenvalue weighted by Crippen LogP contribution is 2.25. The third-order valence-corrected chi connectivity index (χ3v) is 3.53. The summed E-state index contributed by atoms with van der Waals surface area (Å²) in [6.45, 7) is 6.55. The first kappa shape index (κ1) is 12.8. The number of carbonyl (C=O) groups excluding carboxylic acids is 1. The van der Waals surface area contributed by atoms with E-state index in [1.54, 1.807) is 6.20 Å². The number of ether oxygens (including phenoxy) is 1. The molecule has 1 aromatic heterocycles. The van der Waals surface area contributed by atoms with Crippen LogP contribution in [0.4, 0.5) is 0 Å². The predicted molar refractivity (Wildman–Crippen MR) is 72.5 cm³/mol. The second kappa shape index (κ2) is 5.31. The zero-order chi connectivity index (χ0) is 13.1. The molecule has 0 aliphatic carbocycles. The minimum absolute atomic E-state index is 0.406. The van der Waals surface area contributed by atoms with Gasteiger partial charge in [0.15, 0.2) is 6.29 Å². The molecule has 18 heavy (non-hydrogen) atoms. The van der Waals surface area contributed by atoms with E-state index in [2.05, 4.69) is 24.0 Å². The number of thiazole rings is 1. The predicted octanol–water partition coefficient (Wildman–Crippen LogP) is 3.46. The van der Waals surface area contributed by atoms with E-state index in [9.17, 15) is 4.79 Å². The standard InChI is InChI=1S/C14H15NO2S/c1-9-4-10(2)14(11(3)5-9)17-8-13-15-6-12(7-16)18-13/h4-7H,8H2,1-3H3. The molecule has 3 nitrogen and oxygen atoms in total. The van der Waals surface area contributed by atoms with Crippen molar-refractivity contribution in [2.24, 2.45) is 0 Å². The number of aromatic nitrogens is 1. The van der Waals surface area contributed by atoms with Crippen molar-refractivity contribution in [3.63, 3.8) is 0 Å². The molecule has 0 spiro atoms. The van der Waals surface area contributed by atoms with Crippen molar-refractivity contribution in [2.45, 2.75) is 27.4 Å². The van der Waals surface area contributed by atoms with Gasteiger partial charge in [0.1, 0.15) is 17.4 Å². The lowest BCUT2D eigenvalue weighted by Crippen LogP contribution is -1.99. The van der Waals surface area contributed by atoms with Crippen molar-refractivity contribution in [3.05, 3.63) is 44.9 Å². The van der Waals surface area contributed by atoms with Gasteiger partial charge in [-0.05, 0) is 31.9 Å². The lowest BCUT2D eigenvalue weighted by Gasteiger charge is -2.11. The number of carbonyl (C=O) groups is 1. The normalized spacial score (nSPS) is 10.4. The smallest absolute Gasteiger partial charge is 0.161 e. The largest absolute Gasteiger partial charge is 0.486 e. The van der Waals surface area contributed by atoms with Gasteiger partial charge in [-0.2, -0.15) is 0 Å². The van der Waals surface area contributed by atoms with E-state index in [4.69, 9.17) is 4.74 Å². The van der Waals surface area contributed by atoms with Crippen LogP contribution >= 0.6 is 11.3 Å². The number of hydrogen-bond donors (Lipinski definition) is 0. The number of rotatable bonds is 4. The molecule has 0 aliphatic heterocycles. The second-order valence-electron chi connectivity index (χ2n) is 4.29. The molecule has 0 aliphatic rings. The van der Waals surface area contributed by atoms with E-state index < -0.39 is 0 Å². The average molecular weight is 261 g/mol. The maximum absolute atomic E-state index is 10.6. The van der Waals surface area contributed by atoms with Crippen LogP contribution in [0, 0.1) is 20.8 Å². The lowest BCUT2D eigenvalue weighted by molar-refractivity contribution is 0.112. The van der Waals surface area contributed by atoms with Crippen molar-refractivity contribution in [2.75, 3.05) is 0 Å². The van der Waals surface area contributed by atoms with E-state index in [-0.39, 0.29) is 0 Å². The SMILES string of the molecule is Cc1cc(C)c(OCc2ncc(C=O)s2)c(C)c1. The highest BCUT2D eigenvalue weighted by atomic mass is 32.1. The molecule has 0 saturated heterocycles. The Balaban J connectivity index is 2.12. The quantitative estimate of drug-likeness (QED) is 0.791. The molecule has 1 heterocycles. The Morgan fingerprint density at radius 3 is 2.50 bits per heavy atom. The van der Waals surface area contributed by atoms with Gasteiger partial charge in [-0.15, -0.1) is 11.3 Å². The number of aldehydes is 1. The van der Waals surface area contributed by atoms with Crippen LogP contribution in [0.5, 0.6) is 5.75 Å². The summed E-state index contributed by atoms with van der Waals surface area (Å²) in [5, 5.41) is 0.816. The Morgan fingerprint density at radius 2 is 1.94 bits per heavy atom. The number of aryl methyl sites for hydroxylation is 3. The summed E-state index contributed by atoms with van der Waals surface area (Å²) in [7, 11) is 0. The van der Waals surface area contributed by atoms with E-state index >= 15 is 0 Å². The topological polar surface area (TPSA) is 39.2 Å². The summed E-state index contributed by atoms with van der Waals surface area (Å²) >= 11 is 1.36. The van der Waals surface area contributed by atoms with Gasteiger partial charge >= 0.3 is 0 Å². The molecule has 0 amide bonds. The second-order valence-corrected chi connectivity index (χ2v) is 5.44. The first-order valence-corrected chi connectivity index (χ1v) is 6.52. The molecule has 0 saturated carbocycles. The highest BCUT2D eigenvalue weighted by molar-refractivity contribution is 7.13. The van der Waals surface area contributed by atoms with Crippen LogP contribution in [0.2, 0.25) is 0 Å². The molecule has 94 valence electrons. The van der Waals surface area contributed by atoms with Gasteiger partial charge in [0, 0.05) is 6.20 Å². The molecule has 0 unspecified atom stereocenters. The van der Waals surface area contributed by atoms with E-state index in [1.807, 2.05) is 13.8 Å². The molecule has 0 N–H and O–H groups in total. The Bertz CT molecular complexity index is 552. The van der Waals surface area contributed by atoms with Gasteiger partial charge in [0.2, 0.25) is 0 Å². The third kappa shape index (κ3) is 2.76. The monoisotopic (exact) mass is 261 g/mol. The van der Waals surface area contributed by atoms with Gasteiger partial charge in [-0.3, -0.25) is 4.79 Å². The van der Waals surface area contributed by atoms with Crippen molar-refractivity contribution in [1.82, 2.24) is 4.98 Å². The summed E-state index contributed by atoms with van der Waals surface area (Å²) in [6, 6.07) is 4.20. The van der Waals surface area contributed by atoms with Gasteiger partial charge in [-0.1, -0.05) is 17.7 Å². The van der Waals surface area contributed by atoms with Crippen LogP contribution < -0.4 is 4.74 Å². The first-order valence-electron chi connectivity index (χ1n) is 5.70. The number of hydrogen-bond acceptors (Lipinski definition) is 4. The van der Waals surface area contributed by atoms with Crippen molar-refractivity contribution >= 4 is 17.6 Å². The maximum atomic E-state index is 10.6. The van der Waals surface area contributed by atoms with Crippen molar-refractivity contribution in [1.29, 1.82) is 0 Å². The van der Waals surface area contributed by atoms with E-state index in [0.717, 1.165) is 28.2 Å². The number of benzene rings is 1. The molecular weight excluding hydrogens is 246 g/mol. The van der Waals surface area contributed by atoms with Crippen molar-refractivity contribution < 1.29 is 9.53 Å². The molecule has 0 radical (unpaired) electrons. The highest BCUT2D eigenvalue weighted by Gasteiger charge is 2.07. The fourth-order valence-corrected chi connectivity index (χ4v) is 2.62. The fourth-order valence-electron chi connectivity index (χ4n) is 1.97. The Labute approximate surface area is 110 Å². The molecule has 0 fully saturated rings. The molecule has 4 heteroatoms. The minimum atomic E-state index is 0.406. The van der Waals surface area contributed by atoms with Crippen LogP contribution in [0.15, 0.2) is 18.3 Å². The lowest BCUT2D eigenvalue weighted by atomic mass is 10.1. The molecule has 2 rings (SSSR count). The average Bonchev–Trinajstić information content (AvgIpc) is 2.75. The fraction of sp³-hybridized carbons (Fsp3) is 0.286. The molecular formula is C14H15NO2S. The van der Waals surface area contributed by atoms with Crippen LogP contribution in [0.3, 0.4) is 0 Å². The summed E-state index contributed by atoms with van der Waals surface area (Å²) in [5.41, 5.74) is 3.48. The summed E-state index contributed by atoms with van der Waals surface area (Å²) in [5.74, 6) is 0.906. The minimum Gasteiger partial charge on any atom is -0.486 e. The van der Waals surface area contributed by atoms with E-state index in [1.165, 1.54) is 16.9 Å². The number of nitrogens with zero attached hydrogens (tertiary/aromatic N) is 1. The zero-order valence-corrected chi connectivity index (χ0v) is 11.5. The molecule has 2 aromatic rings. The maximum Gasteiger partial charge on any atom is 0.161 e. The zero-order valence-electron chi connectivity index (χ0n) is 10.7. The van der Waals surface area contributed by atoms with Crippen molar-refractivity contribution in [3.8, 4) is 5.75 Å². The Morgan fingerprint density at radius 1 is 1.28 bits per heavy atom. The van der Waals surface area contributed by atoms with Crippen LogP contribution in [0.25, 0.3) is 0 Å². The summed E-state index contributed by atoms with van der Waals surface area (Å²) in [6.07, 6.45) is 2.38. The Kier molecular flexibility index (Phi) is 3.77. The Hall–Kier alpha value is -1.68. The molecule has 0 bridgehead atoms. The first-order chi connectivity index (χ1) is 8.60. The molecule has 1 aromatic carbocycles. The third-order valence-electron chi connectivity index (χ3n) is 2.63. The van der Waals surface area contributed by atoms with Gasteiger partial charge in [0.25, 0.3) is 0 Å². The van der Waals surface area contributed by atoms with E-state index in [0.29, 0.717) is 11.5 Å². The summed E-state index contributed by atoms with van der Waals surface area (Å²) < 4.78 is 5.80.